The Bertz CT molecular complexity index is 103. The van der Waals surface area contributed by atoms with Gasteiger partial charge in [-0.05, 0) is 25.2 Å². The minimum absolute atomic E-state index is 0.642. The van der Waals surface area contributed by atoms with Crippen molar-refractivity contribution in [2.24, 2.45) is 11.8 Å². The Morgan fingerprint density at radius 1 is 1.60 bits per heavy atom. The van der Waals surface area contributed by atoms with Crippen molar-refractivity contribution in [1.82, 2.24) is 5.01 Å². The fraction of sp³-hybridized carbons (Fsp3) is 1.00. The van der Waals surface area contributed by atoms with Crippen LogP contribution in [0.2, 0.25) is 0 Å². The van der Waals surface area contributed by atoms with E-state index in [-0.39, 0.29) is 0 Å². The average Bonchev–Trinajstić information content (AvgIpc) is 1.94. The maximum atomic E-state index is 5.79. The Hall–Kier alpha value is -0.0800. The summed E-state index contributed by atoms with van der Waals surface area (Å²) in [6, 6.07) is 0.642. The molecule has 1 saturated heterocycles. The number of nitrogens with two attached hydrogens (primary N) is 1. The molecule has 2 unspecified atom stereocenters. The molecule has 2 atom stereocenters. The standard InChI is InChI=1S/C8H18N2/c1-3-8-6-7(2)4-5-10(8)9/h7-8H,3-6,9H2,1-2H3. The lowest BCUT2D eigenvalue weighted by molar-refractivity contribution is 0.116. The van der Waals surface area contributed by atoms with Gasteiger partial charge >= 0.3 is 0 Å². The second kappa shape index (κ2) is 3.35. The second-order valence-corrected chi connectivity index (χ2v) is 3.43. The molecule has 1 heterocycles. The number of hydrogen-bond acceptors (Lipinski definition) is 2. The van der Waals surface area contributed by atoms with Crippen molar-refractivity contribution in [2.45, 2.75) is 39.2 Å². The zero-order valence-electron chi connectivity index (χ0n) is 7.01. The molecule has 0 aromatic heterocycles. The van der Waals surface area contributed by atoms with Crippen molar-refractivity contribution in [2.75, 3.05) is 6.54 Å². The monoisotopic (exact) mass is 142 g/mol. The van der Waals surface area contributed by atoms with Crippen LogP contribution in [0.15, 0.2) is 0 Å². The molecule has 2 heteroatoms. The van der Waals surface area contributed by atoms with Crippen molar-refractivity contribution >= 4 is 0 Å². The van der Waals surface area contributed by atoms with Gasteiger partial charge in [0.25, 0.3) is 0 Å². The summed E-state index contributed by atoms with van der Waals surface area (Å²) >= 11 is 0. The van der Waals surface area contributed by atoms with E-state index in [1.54, 1.807) is 0 Å². The van der Waals surface area contributed by atoms with Crippen LogP contribution in [0.3, 0.4) is 0 Å². The lowest BCUT2D eigenvalue weighted by Crippen LogP contribution is -2.46. The molecule has 0 radical (unpaired) electrons. The molecular weight excluding hydrogens is 124 g/mol. The van der Waals surface area contributed by atoms with E-state index < -0.39 is 0 Å². The highest BCUT2D eigenvalue weighted by Gasteiger charge is 2.21. The maximum absolute atomic E-state index is 5.79. The molecule has 0 aromatic carbocycles. The third kappa shape index (κ3) is 1.70. The summed E-state index contributed by atoms with van der Waals surface area (Å²) in [6.45, 7) is 5.61. The Balaban J connectivity index is 2.38. The molecule has 1 rings (SSSR count). The Kier molecular flexibility index (Phi) is 2.69. The van der Waals surface area contributed by atoms with Crippen LogP contribution in [-0.2, 0) is 0 Å². The van der Waals surface area contributed by atoms with Crippen molar-refractivity contribution in [3.8, 4) is 0 Å². The van der Waals surface area contributed by atoms with Gasteiger partial charge in [-0.15, -0.1) is 0 Å². The minimum atomic E-state index is 0.642. The predicted octanol–water partition coefficient (Wildman–Crippen LogP) is 1.37. The topological polar surface area (TPSA) is 29.3 Å². The molecule has 0 spiro atoms. The highest BCUT2D eigenvalue weighted by atomic mass is 15.4. The predicted molar refractivity (Wildman–Crippen MR) is 43.4 cm³/mol. The molecule has 10 heavy (non-hydrogen) atoms. The summed E-state index contributed by atoms with van der Waals surface area (Å²) < 4.78 is 0. The van der Waals surface area contributed by atoms with Crippen LogP contribution in [0.1, 0.15) is 33.1 Å². The van der Waals surface area contributed by atoms with Crippen molar-refractivity contribution in [1.29, 1.82) is 0 Å². The molecule has 2 N–H and O–H groups in total. The molecule has 0 aromatic rings. The van der Waals surface area contributed by atoms with E-state index in [0.717, 1.165) is 12.5 Å². The normalized spacial score (nSPS) is 36.3. The van der Waals surface area contributed by atoms with E-state index in [9.17, 15) is 0 Å². The van der Waals surface area contributed by atoms with Gasteiger partial charge in [0.05, 0.1) is 0 Å². The van der Waals surface area contributed by atoms with Gasteiger partial charge < -0.3 is 0 Å². The van der Waals surface area contributed by atoms with Crippen LogP contribution >= 0.6 is 0 Å². The first kappa shape index (κ1) is 8.02. The van der Waals surface area contributed by atoms with Gasteiger partial charge in [0.1, 0.15) is 0 Å². The van der Waals surface area contributed by atoms with E-state index in [2.05, 4.69) is 13.8 Å². The third-order valence-corrected chi connectivity index (χ3v) is 2.49. The zero-order chi connectivity index (χ0) is 7.56. The zero-order valence-corrected chi connectivity index (χ0v) is 7.01. The quantitative estimate of drug-likeness (QED) is 0.560. The Morgan fingerprint density at radius 3 is 2.80 bits per heavy atom. The molecule has 0 amide bonds. The maximum Gasteiger partial charge on any atom is 0.0241 e. The Labute approximate surface area is 63.4 Å². The van der Waals surface area contributed by atoms with Crippen LogP contribution in [0.4, 0.5) is 0 Å². The van der Waals surface area contributed by atoms with Gasteiger partial charge in [0.15, 0.2) is 0 Å². The van der Waals surface area contributed by atoms with Gasteiger partial charge in [0.2, 0.25) is 0 Å². The summed E-state index contributed by atoms with van der Waals surface area (Å²) in [4.78, 5) is 0. The first-order valence-electron chi connectivity index (χ1n) is 4.25. The summed E-state index contributed by atoms with van der Waals surface area (Å²) in [5, 5.41) is 2.00. The summed E-state index contributed by atoms with van der Waals surface area (Å²) in [6.07, 6.45) is 3.75. The average molecular weight is 142 g/mol. The molecule has 1 aliphatic heterocycles. The van der Waals surface area contributed by atoms with Crippen LogP contribution in [-0.4, -0.2) is 17.6 Å². The number of hydrazine groups is 1. The van der Waals surface area contributed by atoms with E-state index in [0.29, 0.717) is 6.04 Å². The number of hydrogen-bond donors (Lipinski definition) is 1. The number of nitrogens with zero attached hydrogens (tertiary/aromatic N) is 1. The molecule has 60 valence electrons. The highest BCUT2D eigenvalue weighted by molar-refractivity contribution is 4.75. The second-order valence-electron chi connectivity index (χ2n) is 3.43. The van der Waals surface area contributed by atoms with Crippen LogP contribution in [0, 0.1) is 5.92 Å². The number of rotatable bonds is 1. The fourth-order valence-corrected chi connectivity index (χ4v) is 1.67. The first-order chi connectivity index (χ1) is 4.74. The fourth-order valence-electron chi connectivity index (χ4n) is 1.67. The van der Waals surface area contributed by atoms with E-state index in [1.807, 2.05) is 5.01 Å². The molecule has 2 nitrogen and oxygen atoms in total. The van der Waals surface area contributed by atoms with Crippen LogP contribution in [0.25, 0.3) is 0 Å². The third-order valence-electron chi connectivity index (χ3n) is 2.49. The molecular formula is C8H18N2. The van der Waals surface area contributed by atoms with Crippen LogP contribution < -0.4 is 5.84 Å². The first-order valence-corrected chi connectivity index (χ1v) is 4.25. The van der Waals surface area contributed by atoms with Crippen molar-refractivity contribution in [3.63, 3.8) is 0 Å². The van der Waals surface area contributed by atoms with Gasteiger partial charge in [-0.25, -0.2) is 5.01 Å². The smallest absolute Gasteiger partial charge is 0.0241 e. The lowest BCUT2D eigenvalue weighted by Gasteiger charge is -2.34. The largest absolute Gasteiger partial charge is 0.269 e. The number of piperidine rings is 1. The SMILES string of the molecule is CCC1CC(C)CCN1N. The summed E-state index contributed by atoms with van der Waals surface area (Å²) in [5.41, 5.74) is 0. The molecule has 1 fully saturated rings. The molecule has 0 saturated carbocycles. The summed E-state index contributed by atoms with van der Waals surface area (Å²) in [7, 11) is 0. The van der Waals surface area contributed by atoms with Crippen molar-refractivity contribution < 1.29 is 0 Å². The van der Waals surface area contributed by atoms with E-state index in [1.165, 1.54) is 19.3 Å². The highest BCUT2D eigenvalue weighted by Crippen LogP contribution is 2.21. The van der Waals surface area contributed by atoms with E-state index in [4.69, 9.17) is 5.84 Å². The van der Waals surface area contributed by atoms with Gasteiger partial charge in [-0.1, -0.05) is 13.8 Å². The molecule has 0 bridgehead atoms. The molecule has 0 aliphatic carbocycles. The lowest BCUT2D eigenvalue weighted by atomic mass is 9.92. The minimum Gasteiger partial charge on any atom is -0.269 e. The van der Waals surface area contributed by atoms with E-state index >= 15 is 0 Å². The molecule has 1 aliphatic rings. The van der Waals surface area contributed by atoms with Gasteiger partial charge in [0, 0.05) is 12.6 Å². The summed E-state index contributed by atoms with van der Waals surface area (Å²) in [5.74, 6) is 6.66. The van der Waals surface area contributed by atoms with Gasteiger partial charge in [-0.3, -0.25) is 5.84 Å². The van der Waals surface area contributed by atoms with Gasteiger partial charge in [-0.2, -0.15) is 0 Å². The van der Waals surface area contributed by atoms with Crippen molar-refractivity contribution in [3.05, 3.63) is 0 Å². The Morgan fingerprint density at radius 2 is 2.30 bits per heavy atom. The van der Waals surface area contributed by atoms with Crippen LogP contribution in [0.5, 0.6) is 0 Å².